The molecule has 0 bridgehead atoms. The smallest absolute Gasteiger partial charge is 0.255 e. The first-order chi connectivity index (χ1) is 11.9. The van der Waals surface area contributed by atoms with Crippen molar-refractivity contribution in [1.82, 2.24) is 10.6 Å². The molecule has 128 valence electrons. The molecule has 2 aromatic carbocycles. The molecule has 1 heterocycles. The average Bonchev–Trinajstić information content (AvgIpc) is 2.57. The van der Waals surface area contributed by atoms with E-state index in [1.807, 2.05) is 50.2 Å². The second-order valence-electron chi connectivity index (χ2n) is 5.94. The number of benzene rings is 2. The largest absolute Gasteiger partial charge is 0.351 e. The van der Waals surface area contributed by atoms with Gasteiger partial charge in [-0.25, -0.2) is 0 Å². The summed E-state index contributed by atoms with van der Waals surface area (Å²) in [4.78, 5) is 12.9. The van der Waals surface area contributed by atoms with E-state index in [-0.39, 0.29) is 11.9 Å². The van der Waals surface area contributed by atoms with Crippen LogP contribution < -0.4 is 16.0 Å². The van der Waals surface area contributed by atoms with E-state index in [9.17, 15) is 4.79 Å². The lowest BCUT2D eigenvalue weighted by molar-refractivity contribution is -0.113. The highest BCUT2D eigenvalue weighted by atomic mass is 35.5. The molecular weight excluding hydrogens is 354 g/mol. The molecule has 0 aromatic heterocycles. The number of allylic oxidation sites excluding steroid dienone is 1. The molecule has 1 amide bonds. The molecule has 1 aliphatic heterocycles. The number of thiocarbonyl (C=S) groups is 1. The Kier molecular flexibility index (Phi) is 5.06. The molecule has 0 fully saturated rings. The summed E-state index contributed by atoms with van der Waals surface area (Å²) in [5.74, 6) is -0.177. The Balaban J connectivity index is 1.92. The van der Waals surface area contributed by atoms with Gasteiger partial charge in [0, 0.05) is 16.4 Å². The summed E-state index contributed by atoms with van der Waals surface area (Å²) < 4.78 is 0. The topological polar surface area (TPSA) is 53.2 Å². The summed E-state index contributed by atoms with van der Waals surface area (Å²) in [6, 6.07) is 14.7. The summed E-state index contributed by atoms with van der Waals surface area (Å²) in [6.07, 6.45) is 0. The number of halogens is 1. The molecule has 3 N–H and O–H groups in total. The van der Waals surface area contributed by atoms with Crippen LogP contribution in [0.15, 0.2) is 59.8 Å². The van der Waals surface area contributed by atoms with E-state index in [1.54, 1.807) is 12.1 Å². The van der Waals surface area contributed by atoms with Crippen molar-refractivity contribution in [2.45, 2.75) is 19.9 Å². The van der Waals surface area contributed by atoms with Crippen LogP contribution >= 0.6 is 23.8 Å². The number of rotatable bonds is 3. The van der Waals surface area contributed by atoms with Crippen LogP contribution in [0.3, 0.4) is 0 Å². The number of amides is 1. The van der Waals surface area contributed by atoms with E-state index in [1.165, 1.54) is 0 Å². The first-order valence-corrected chi connectivity index (χ1v) is 8.64. The van der Waals surface area contributed by atoms with Crippen molar-refractivity contribution < 1.29 is 4.79 Å². The predicted octanol–water partition coefficient (Wildman–Crippen LogP) is 4.08. The fourth-order valence-corrected chi connectivity index (χ4v) is 3.13. The number of carbonyl (C=O) groups is 1. The monoisotopic (exact) mass is 371 g/mol. The third-order valence-electron chi connectivity index (χ3n) is 4.03. The van der Waals surface area contributed by atoms with E-state index in [2.05, 4.69) is 16.0 Å². The number of anilines is 1. The molecule has 0 spiro atoms. The highest BCUT2D eigenvalue weighted by Gasteiger charge is 2.29. The third-order valence-corrected chi connectivity index (χ3v) is 4.50. The summed E-state index contributed by atoms with van der Waals surface area (Å²) in [6.45, 7) is 3.85. The molecule has 2 aromatic rings. The van der Waals surface area contributed by atoms with Crippen molar-refractivity contribution in [3.8, 4) is 0 Å². The van der Waals surface area contributed by atoms with Gasteiger partial charge in [0.05, 0.1) is 11.6 Å². The maximum Gasteiger partial charge on any atom is 0.255 e. The molecule has 3 rings (SSSR count). The fraction of sp³-hybridized carbons (Fsp3) is 0.158. The number of hydrogen-bond donors (Lipinski definition) is 3. The van der Waals surface area contributed by atoms with Crippen molar-refractivity contribution in [3.05, 3.63) is 76.0 Å². The van der Waals surface area contributed by atoms with Crippen LogP contribution in [0.5, 0.6) is 0 Å². The van der Waals surface area contributed by atoms with Gasteiger partial charge in [-0.2, -0.15) is 0 Å². The fourth-order valence-electron chi connectivity index (χ4n) is 2.74. The molecule has 0 unspecified atom stereocenters. The molecule has 25 heavy (non-hydrogen) atoms. The zero-order chi connectivity index (χ0) is 18.0. The van der Waals surface area contributed by atoms with E-state index >= 15 is 0 Å². The molecule has 0 saturated heterocycles. The molecule has 1 atom stereocenters. The van der Waals surface area contributed by atoms with Crippen LogP contribution in [0.25, 0.3) is 0 Å². The van der Waals surface area contributed by atoms with E-state index in [0.717, 1.165) is 22.5 Å². The summed E-state index contributed by atoms with van der Waals surface area (Å²) in [7, 11) is 0. The van der Waals surface area contributed by atoms with Gasteiger partial charge < -0.3 is 16.0 Å². The van der Waals surface area contributed by atoms with Crippen molar-refractivity contribution >= 4 is 40.5 Å². The van der Waals surface area contributed by atoms with Gasteiger partial charge in [0.25, 0.3) is 5.91 Å². The predicted molar refractivity (Wildman–Crippen MR) is 106 cm³/mol. The Morgan fingerprint density at radius 3 is 2.36 bits per heavy atom. The lowest BCUT2D eigenvalue weighted by atomic mass is 9.95. The lowest BCUT2D eigenvalue weighted by Gasteiger charge is -2.30. The molecule has 0 aliphatic carbocycles. The molecule has 1 aliphatic rings. The third kappa shape index (κ3) is 4.00. The normalized spacial score (nSPS) is 16.9. The van der Waals surface area contributed by atoms with Gasteiger partial charge in [-0.15, -0.1) is 0 Å². The Labute approximate surface area is 157 Å². The van der Waals surface area contributed by atoms with Gasteiger partial charge >= 0.3 is 0 Å². The summed E-state index contributed by atoms with van der Waals surface area (Å²) in [5, 5.41) is 10.3. The van der Waals surface area contributed by atoms with Crippen LogP contribution in [-0.2, 0) is 4.79 Å². The second-order valence-corrected chi connectivity index (χ2v) is 6.79. The average molecular weight is 372 g/mol. The standard InChI is InChI=1S/C19H18ClN3OS/c1-11-3-9-15(10-4-11)22-18(24)16-12(2)21-19(25)23-17(16)13-5-7-14(20)8-6-13/h3-10,17H,1-2H3,(H,22,24)(H2,21,23,25)/t17-/m1/s1. The Morgan fingerprint density at radius 2 is 1.72 bits per heavy atom. The van der Waals surface area contributed by atoms with E-state index in [0.29, 0.717) is 15.7 Å². The first-order valence-electron chi connectivity index (χ1n) is 7.86. The number of hydrogen-bond acceptors (Lipinski definition) is 2. The van der Waals surface area contributed by atoms with Crippen molar-refractivity contribution in [1.29, 1.82) is 0 Å². The minimum Gasteiger partial charge on any atom is -0.351 e. The number of aryl methyl sites for hydroxylation is 1. The zero-order valence-corrected chi connectivity index (χ0v) is 15.5. The van der Waals surface area contributed by atoms with E-state index < -0.39 is 0 Å². The van der Waals surface area contributed by atoms with Crippen molar-refractivity contribution in [2.75, 3.05) is 5.32 Å². The van der Waals surface area contributed by atoms with Crippen LogP contribution in [0.4, 0.5) is 5.69 Å². The van der Waals surface area contributed by atoms with Crippen molar-refractivity contribution in [3.63, 3.8) is 0 Å². The Hall–Kier alpha value is -2.37. The Bertz CT molecular complexity index is 844. The molecule has 0 saturated carbocycles. The molecular formula is C19H18ClN3OS. The number of carbonyl (C=O) groups excluding carboxylic acids is 1. The van der Waals surface area contributed by atoms with Gasteiger partial charge in [-0.3, -0.25) is 4.79 Å². The maximum absolute atomic E-state index is 12.9. The van der Waals surface area contributed by atoms with Gasteiger partial charge in [0.2, 0.25) is 0 Å². The van der Waals surface area contributed by atoms with E-state index in [4.69, 9.17) is 23.8 Å². The highest BCUT2D eigenvalue weighted by Crippen LogP contribution is 2.28. The van der Waals surface area contributed by atoms with Gasteiger partial charge in [-0.1, -0.05) is 41.4 Å². The lowest BCUT2D eigenvalue weighted by Crippen LogP contribution is -2.45. The molecule has 6 heteroatoms. The minimum atomic E-state index is -0.337. The van der Waals surface area contributed by atoms with Gasteiger partial charge in [-0.05, 0) is 55.9 Å². The summed E-state index contributed by atoms with van der Waals surface area (Å²) in [5.41, 5.74) is 4.13. The van der Waals surface area contributed by atoms with Crippen LogP contribution in [0.1, 0.15) is 24.1 Å². The minimum absolute atomic E-state index is 0.177. The van der Waals surface area contributed by atoms with Crippen LogP contribution in [-0.4, -0.2) is 11.0 Å². The Morgan fingerprint density at radius 1 is 1.08 bits per heavy atom. The maximum atomic E-state index is 12.9. The quantitative estimate of drug-likeness (QED) is 0.711. The zero-order valence-electron chi connectivity index (χ0n) is 13.9. The van der Waals surface area contributed by atoms with Crippen molar-refractivity contribution in [2.24, 2.45) is 0 Å². The summed E-state index contributed by atoms with van der Waals surface area (Å²) >= 11 is 11.2. The second kappa shape index (κ2) is 7.25. The van der Waals surface area contributed by atoms with Gasteiger partial charge in [0.15, 0.2) is 5.11 Å². The molecule has 4 nitrogen and oxygen atoms in total. The van der Waals surface area contributed by atoms with Gasteiger partial charge in [0.1, 0.15) is 0 Å². The highest BCUT2D eigenvalue weighted by molar-refractivity contribution is 7.80. The van der Waals surface area contributed by atoms with Crippen LogP contribution in [0.2, 0.25) is 5.02 Å². The number of nitrogens with one attached hydrogen (secondary N) is 3. The SMILES string of the molecule is CC1=C(C(=O)Nc2ccc(C)cc2)[C@@H](c2ccc(Cl)cc2)NC(=S)N1. The molecule has 0 radical (unpaired) electrons. The first kappa shape index (κ1) is 17.5. The van der Waals surface area contributed by atoms with Crippen LogP contribution in [0, 0.1) is 6.92 Å².